The number of benzene rings is 1. The summed E-state index contributed by atoms with van der Waals surface area (Å²) in [5.41, 5.74) is 1.15. The van der Waals surface area contributed by atoms with Crippen LogP contribution in [-0.4, -0.2) is 29.0 Å². The van der Waals surface area contributed by atoms with E-state index in [1.165, 1.54) is 12.3 Å². The lowest BCUT2D eigenvalue weighted by atomic mass is 10.2. The number of ether oxygens (including phenoxy) is 1. The molecule has 0 aliphatic heterocycles. The van der Waals surface area contributed by atoms with Crippen LogP contribution in [0.3, 0.4) is 0 Å². The molecule has 21 heavy (non-hydrogen) atoms. The van der Waals surface area contributed by atoms with Crippen molar-refractivity contribution >= 4 is 11.6 Å². The smallest absolute Gasteiger partial charge is 0.287 e. The standard InChI is InChI=1S/C14H15N3O4/c1-10-2-4-12(5-3-10)21-7-6-15-14(18)13-8-11(9-16-13)17(19)20/h2-5,8-9,16H,6-7H2,1H3,(H,15,18). The first-order chi connectivity index (χ1) is 10.1. The molecule has 0 fully saturated rings. The highest BCUT2D eigenvalue weighted by Gasteiger charge is 2.13. The molecular formula is C14H15N3O4. The van der Waals surface area contributed by atoms with Crippen molar-refractivity contribution in [1.82, 2.24) is 10.3 Å². The van der Waals surface area contributed by atoms with Gasteiger partial charge in [-0.3, -0.25) is 14.9 Å². The second kappa shape index (κ2) is 6.56. The minimum atomic E-state index is -0.562. The molecule has 110 valence electrons. The molecule has 7 heteroatoms. The molecule has 0 aliphatic carbocycles. The van der Waals surface area contributed by atoms with Crippen LogP contribution in [0.1, 0.15) is 16.1 Å². The highest BCUT2D eigenvalue weighted by Crippen LogP contribution is 2.12. The summed E-state index contributed by atoms with van der Waals surface area (Å²) < 4.78 is 5.46. The van der Waals surface area contributed by atoms with Gasteiger partial charge in [0.1, 0.15) is 18.1 Å². The van der Waals surface area contributed by atoms with E-state index in [9.17, 15) is 14.9 Å². The molecule has 0 saturated heterocycles. The van der Waals surface area contributed by atoms with Gasteiger partial charge >= 0.3 is 0 Å². The highest BCUT2D eigenvalue weighted by molar-refractivity contribution is 5.93. The first-order valence-corrected chi connectivity index (χ1v) is 6.37. The van der Waals surface area contributed by atoms with E-state index >= 15 is 0 Å². The van der Waals surface area contributed by atoms with Crippen LogP contribution in [-0.2, 0) is 0 Å². The number of nitrogens with zero attached hydrogens (tertiary/aromatic N) is 1. The molecule has 0 aliphatic rings. The zero-order valence-electron chi connectivity index (χ0n) is 11.5. The summed E-state index contributed by atoms with van der Waals surface area (Å²) in [6.07, 6.45) is 1.18. The lowest BCUT2D eigenvalue weighted by Crippen LogP contribution is -2.28. The van der Waals surface area contributed by atoms with E-state index in [2.05, 4.69) is 10.3 Å². The summed E-state index contributed by atoms with van der Waals surface area (Å²) >= 11 is 0. The van der Waals surface area contributed by atoms with Gasteiger partial charge in [-0.1, -0.05) is 17.7 Å². The molecule has 1 aromatic heterocycles. The Labute approximate surface area is 121 Å². The number of aryl methyl sites for hydroxylation is 1. The Kier molecular flexibility index (Phi) is 4.55. The fourth-order valence-electron chi connectivity index (χ4n) is 1.68. The Morgan fingerprint density at radius 3 is 2.71 bits per heavy atom. The quantitative estimate of drug-likeness (QED) is 0.483. The average Bonchev–Trinajstić information content (AvgIpc) is 2.95. The number of aromatic amines is 1. The lowest BCUT2D eigenvalue weighted by molar-refractivity contribution is -0.384. The van der Waals surface area contributed by atoms with Crippen molar-refractivity contribution in [2.45, 2.75) is 6.92 Å². The Morgan fingerprint density at radius 2 is 2.10 bits per heavy atom. The van der Waals surface area contributed by atoms with E-state index in [4.69, 9.17) is 4.74 Å². The van der Waals surface area contributed by atoms with Crippen molar-refractivity contribution in [3.8, 4) is 5.75 Å². The van der Waals surface area contributed by atoms with Gasteiger partial charge in [0.2, 0.25) is 0 Å². The number of H-pyrrole nitrogens is 1. The molecule has 0 radical (unpaired) electrons. The molecule has 1 amide bonds. The van der Waals surface area contributed by atoms with Crippen LogP contribution in [0.2, 0.25) is 0 Å². The minimum Gasteiger partial charge on any atom is -0.492 e. The maximum Gasteiger partial charge on any atom is 0.287 e. The molecule has 2 N–H and O–H groups in total. The van der Waals surface area contributed by atoms with Crippen molar-refractivity contribution < 1.29 is 14.5 Å². The molecular weight excluding hydrogens is 274 g/mol. The number of carbonyl (C=O) groups is 1. The van der Waals surface area contributed by atoms with Crippen molar-refractivity contribution in [3.63, 3.8) is 0 Å². The Morgan fingerprint density at radius 1 is 1.38 bits per heavy atom. The van der Waals surface area contributed by atoms with Gasteiger partial charge < -0.3 is 15.0 Å². The Balaban J connectivity index is 1.76. The molecule has 0 bridgehead atoms. The van der Waals surface area contributed by atoms with Crippen LogP contribution in [0.25, 0.3) is 0 Å². The van der Waals surface area contributed by atoms with Crippen LogP contribution in [0.4, 0.5) is 5.69 Å². The molecule has 0 atom stereocenters. The zero-order valence-corrected chi connectivity index (χ0v) is 11.5. The van der Waals surface area contributed by atoms with E-state index in [1.807, 2.05) is 31.2 Å². The van der Waals surface area contributed by atoms with Crippen LogP contribution < -0.4 is 10.1 Å². The molecule has 0 unspecified atom stereocenters. The third-order valence-electron chi connectivity index (χ3n) is 2.80. The maximum absolute atomic E-state index is 11.7. The summed E-state index contributed by atoms with van der Waals surface area (Å²) in [6.45, 7) is 2.61. The van der Waals surface area contributed by atoms with Gasteiger partial charge in [0.15, 0.2) is 0 Å². The molecule has 2 aromatic rings. The van der Waals surface area contributed by atoms with E-state index in [1.54, 1.807) is 0 Å². The van der Waals surface area contributed by atoms with Gasteiger partial charge in [-0.2, -0.15) is 0 Å². The largest absolute Gasteiger partial charge is 0.492 e. The second-order valence-electron chi connectivity index (χ2n) is 4.45. The Bertz CT molecular complexity index is 634. The number of rotatable bonds is 6. The predicted octanol–water partition coefficient (Wildman–Crippen LogP) is 2.04. The number of aromatic nitrogens is 1. The van der Waals surface area contributed by atoms with Crippen LogP contribution >= 0.6 is 0 Å². The average molecular weight is 289 g/mol. The summed E-state index contributed by atoms with van der Waals surface area (Å²) in [5.74, 6) is 0.320. The fraction of sp³-hybridized carbons (Fsp3) is 0.214. The summed E-state index contributed by atoms with van der Waals surface area (Å²) in [5, 5.41) is 13.1. The van der Waals surface area contributed by atoms with E-state index in [0.717, 1.165) is 11.3 Å². The topological polar surface area (TPSA) is 97.3 Å². The zero-order chi connectivity index (χ0) is 15.2. The van der Waals surface area contributed by atoms with Crippen molar-refractivity contribution in [2.75, 3.05) is 13.2 Å². The van der Waals surface area contributed by atoms with Gasteiger partial charge in [0.05, 0.1) is 17.7 Å². The predicted molar refractivity (Wildman–Crippen MR) is 76.5 cm³/mol. The van der Waals surface area contributed by atoms with E-state index < -0.39 is 10.8 Å². The SMILES string of the molecule is Cc1ccc(OCCNC(=O)c2cc([N+](=O)[O-])c[nH]2)cc1. The maximum atomic E-state index is 11.7. The number of carbonyl (C=O) groups excluding carboxylic acids is 1. The second-order valence-corrected chi connectivity index (χ2v) is 4.45. The summed E-state index contributed by atoms with van der Waals surface area (Å²) in [6, 6.07) is 8.77. The van der Waals surface area contributed by atoms with Gasteiger partial charge in [0, 0.05) is 6.07 Å². The lowest BCUT2D eigenvalue weighted by Gasteiger charge is -2.07. The molecule has 2 rings (SSSR count). The van der Waals surface area contributed by atoms with Gasteiger partial charge in [0.25, 0.3) is 11.6 Å². The minimum absolute atomic E-state index is 0.143. The van der Waals surface area contributed by atoms with Crippen LogP contribution in [0, 0.1) is 17.0 Å². The van der Waals surface area contributed by atoms with Crippen molar-refractivity contribution in [1.29, 1.82) is 0 Å². The number of nitrogens with one attached hydrogen (secondary N) is 2. The van der Waals surface area contributed by atoms with Crippen molar-refractivity contribution in [3.05, 3.63) is 57.9 Å². The number of nitro groups is 1. The molecule has 0 spiro atoms. The van der Waals surface area contributed by atoms with Crippen LogP contribution in [0.5, 0.6) is 5.75 Å². The van der Waals surface area contributed by atoms with E-state index in [-0.39, 0.29) is 11.4 Å². The van der Waals surface area contributed by atoms with E-state index in [0.29, 0.717) is 13.2 Å². The first kappa shape index (κ1) is 14.6. The third kappa shape index (κ3) is 4.07. The number of hydrogen-bond donors (Lipinski definition) is 2. The fourth-order valence-corrected chi connectivity index (χ4v) is 1.68. The highest BCUT2D eigenvalue weighted by atomic mass is 16.6. The number of hydrogen-bond acceptors (Lipinski definition) is 4. The number of amides is 1. The monoisotopic (exact) mass is 289 g/mol. The Hall–Kier alpha value is -2.83. The van der Waals surface area contributed by atoms with Gasteiger partial charge in [-0.05, 0) is 19.1 Å². The molecule has 7 nitrogen and oxygen atoms in total. The van der Waals surface area contributed by atoms with Crippen LogP contribution in [0.15, 0.2) is 36.5 Å². The van der Waals surface area contributed by atoms with Crippen molar-refractivity contribution in [2.24, 2.45) is 0 Å². The normalized spacial score (nSPS) is 10.1. The molecule has 1 aromatic carbocycles. The molecule has 1 heterocycles. The molecule has 0 saturated carbocycles. The first-order valence-electron chi connectivity index (χ1n) is 6.37. The van der Waals surface area contributed by atoms with Gasteiger partial charge in [-0.25, -0.2) is 0 Å². The summed E-state index contributed by atoms with van der Waals surface area (Å²) in [7, 11) is 0. The van der Waals surface area contributed by atoms with Gasteiger partial charge in [-0.15, -0.1) is 0 Å². The summed E-state index contributed by atoms with van der Waals surface area (Å²) in [4.78, 5) is 24.2. The third-order valence-corrected chi connectivity index (χ3v) is 2.80.